The van der Waals surface area contributed by atoms with E-state index >= 15 is 0 Å². The van der Waals surface area contributed by atoms with Crippen LogP contribution in [-0.4, -0.2) is 16.8 Å². The van der Waals surface area contributed by atoms with Crippen molar-refractivity contribution < 1.29 is 18.4 Å². The summed E-state index contributed by atoms with van der Waals surface area (Å²) in [5.74, 6) is -2.88. The van der Waals surface area contributed by atoms with E-state index in [4.69, 9.17) is 0 Å². The Balaban J connectivity index is 1.99. The van der Waals surface area contributed by atoms with E-state index in [9.17, 15) is 18.4 Å². The Morgan fingerprint density at radius 3 is 2.26 bits per heavy atom. The largest absolute Gasteiger partial charge is 0.324 e. The number of thiophene rings is 1. The summed E-state index contributed by atoms with van der Waals surface area (Å²) >= 11 is 1.21. The molecule has 0 saturated carbocycles. The maximum atomic E-state index is 14.1. The van der Waals surface area contributed by atoms with Gasteiger partial charge in [-0.05, 0) is 44.0 Å². The lowest BCUT2D eigenvalue weighted by Crippen LogP contribution is -2.14. The van der Waals surface area contributed by atoms with E-state index in [0.717, 1.165) is 33.1 Å². The van der Waals surface area contributed by atoms with Crippen molar-refractivity contribution in [1.29, 1.82) is 0 Å². The van der Waals surface area contributed by atoms with Crippen molar-refractivity contribution in [1.82, 2.24) is 4.98 Å². The summed E-state index contributed by atoms with van der Waals surface area (Å²) in [4.78, 5) is 29.4. The molecule has 3 aromatic rings. The molecule has 0 atom stereocenters. The lowest BCUT2D eigenvalue weighted by molar-refractivity contribution is -0.114. The van der Waals surface area contributed by atoms with E-state index in [1.807, 2.05) is 26.8 Å². The summed E-state index contributed by atoms with van der Waals surface area (Å²) in [6.07, 6.45) is 0. The minimum atomic E-state index is -0.932. The van der Waals surface area contributed by atoms with Crippen LogP contribution in [0.3, 0.4) is 0 Å². The highest BCUT2D eigenvalue weighted by Crippen LogP contribution is 2.33. The van der Waals surface area contributed by atoms with E-state index in [-0.39, 0.29) is 11.4 Å². The molecule has 27 heavy (non-hydrogen) atoms. The van der Waals surface area contributed by atoms with Crippen molar-refractivity contribution in [2.75, 3.05) is 10.6 Å². The second-order valence-corrected chi connectivity index (χ2v) is 7.26. The third-order valence-electron chi connectivity index (χ3n) is 4.05. The Hall–Kier alpha value is -2.87. The van der Waals surface area contributed by atoms with Gasteiger partial charge in [0.1, 0.15) is 16.5 Å². The summed E-state index contributed by atoms with van der Waals surface area (Å²) in [5.41, 5.74) is 2.18. The lowest BCUT2D eigenvalue weighted by atomic mass is 10.1. The van der Waals surface area contributed by atoms with Gasteiger partial charge in [0.25, 0.3) is 5.91 Å². The number of fused-ring (bicyclic) bond motifs is 1. The molecular weight excluding hydrogens is 372 g/mol. The van der Waals surface area contributed by atoms with Crippen molar-refractivity contribution in [3.63, 3.8) is 0 Å². The van der Waals surface area contributed by atoms with Crippen molar-refractivity contribution in [2.45, 2.75) is 27.7 Å². The molecule has 0 aliphatic heterocycles. The number of hydrogen-bond donors (Lipinski definition) is 2. The molecule has 0 aliphatic carbocycles. The number of anilines is 2. The van der Waals surface area contributed by atoms with E-state index in [2.05, 4.69) is 15.6 Å². The molecule has 2 N–H and O–H groups in total. The van der Waals surface area contributed by atoms with Crippen LogP contribution in [0.2, 0.25) is 0 Å². The molecule has 140 valence electrons. The number of benzene rings is 1. The number of nitrogens with zero attached hydrogens (tertiary/aromatic N) is 1. The fourth-order valence-electron chi connectivity index (χ4n) is 2.95. The van der Waals surface area contributed by atoms with Gasteiger partial charge in [-0.3, -0.25) is 9.59 Å². The molecule has 0 aliphatic rings. The average Bonchev–Trinajstić information content (AvgIpc) is 2.88. The summed E-state index contributed by atoms with van der Waals surface area (Å²) in [6.45, 7) is 6.83. The first-order valence-corrected chi connectivity index (χ1v) is 8.94. The van der Waals surface area contributed by atoms with Gasteiger partial charge in [-0.25, -0.2) is 13.8 Å². The summed E-state index contributed by atoms with van der Waals surface area (Å²) in [6, 6.07) is 3.61. The van der Waals surface area contributed by atoms with Crippen LogP contribution in [0.5, 0.6) is 0 Å². The smallest absolute Gasteiger partial charge is 0.266 e. The minimum Gasteiger partial charge on any atom is -0.324 e. The molecular formula is C19H17F2N3O2S. The van der Waals surface area contributed by atoms with Gasteiger partial charge >= 0.3 is 0 Å². The first kappa shape index (κ1) is 18.9. The van der Waals surface area contributed by atoms with Crippen molar-refractivity contribution in [2.24, 2.45) is 0 Å². The van der Waals surface area contributed by atoms with Crippen LogP contribution in [0, 0.1) is 32.4 Å². The molecule has 2 aromatic heterocycles. The monoisotopic (exact) mass is 389 g/mol. The quantitative estimate of drug-likeness (QED) is 0.681. The number of hydrogen-bond acceptors (Lipinski definition) is 4. The highest BCUT2D eigenvalue weighted by Gasteiger charge is 2.20. The van der Waals surface area contributed by atoms with E-state index in [1.165, 1.54) is 18.3 Å². The fourth-order valence-corrected chi connectivity index (χ4v) is 4.14. The molecule has 0 fully saturated rings. The Kier molecular flexibility index (Phi) is 4.93. The Morgan fingerprint density at radius 2 is 1.63 bits per heavy atom. The second kappa shape index (κ2) is 7.03. The van der Waals surface area contributed by atoms with E-state index < -0.39 is 23.4 Å². The number of rotatable bonds is 3. The predicted molar refractivity (Wildman–Crippen MR) is 102 cm³/mol. The lowest BCUT2D eigenvalue weighted by Gasteiger charge is -2.10. The number of carbonyl (C=O) groups is 2. The zero-order valence-corrected chi connectivity index (χ0v) is 16.0. The number of nitrogens with one attached hydrogen (secondary N) is 2. The molecule has 2 heterocycles. The molecule has 3 rings (SSSR count). The van der Waals surface area contributed by atoms with Crippen LogP contribution in [0.4, 0.5) is 20.2 Å². The van der Waals surface area contributed by atoms with Crippen LogP contribution >= 0.6 is 11.3 Å². The number of aromatic nitrogens is 1. The van der Waals surface area contributed by atoms with Crippen LogP contribution in [0.1, 0.15) is 33.4 Å². The van der Waals surface area contributed by atoms with Crippen molar-refractivity contribution >= 4 is 44.7 Å². The first-order valence-electron chi connectivity index (χ1n) is 8.12. The number of carbonyl (C=O) groups excluding carboxylic acids is 2. The van der Waals surface area contributed by atoms with Crippen LogP contribution in [-0.2, 0) is 4.79 Å². The summed E-state index contributed by atoms with van der Waals surface area (Å²) in [7, 11) is 0. The minimum absolute atomic E-state index is 0.208. The molecule has 5 nitrogen and oxygen atoms in total. The molecule has 1 aromatic carbocycles. The third-order valence-corrected chi connectivity index (χ3v) is 5.23. The van der Waals surface area contributed by atoms with Gasteiger partial charge in [0, 0.05) is 24.1 Å². The van der Waals surface area contributed by atoms with Crippen LogP contribution in [0.15, 0.2) is 18.2 Å². The van der Waals surface area contributed by atoms with Gasteiger partial charge in [0.2, 0.25) is 5.91 Å². The standard InChI is InChI=1S/C19H17F2N3O2S/c1-8-5-9(2)22-19-16(8)10(3)17(27-19)18(26)24-15-7-14(23-11(4)25)12(20)6-13(15)21/h5-7H,1-4H3,(H,23,25)(H,24,26). The third kappa shape index (κ3) is 3.66. The zero-order chi connectivity index (χ0) is 19.9. The average molecular weight is 389 g/mol. The topological polar surface area (TPSA) is 71.1 Å². The number of amides is 2. The number of halogens is 2. The molecule has 0 unspecified atom stereocenters. The highest BCUT2D eigenvalue weighted by molar-refractivity contribution is 7.20. The summed E-state index contributed by atoms with van der Waals surface area (Å²) in [5, 5.41) is 5.61. The first-order chi connectivity index (χ1) is 12.7. The Labute approximate surface area is 158 Å². The molecule has 0 saturated heterocycles. The van der Waals surface area contributed by atoms with Crippen molar-refractivity contribution in [3.8, 4) is 0 Å². The van der Waals surface area contributed by atoms with Gasteiger partial charge in [-0.15, -0.1) is 11.3 Å². The zero-order valence-electron chi connectivity index (χ0n) is 15.2. The predicted octanol–water partition coefficient (Wildman–Crippen LogP) is 4.71. The van der Waals surface area contributed by atoms with Gasteiger partial charge in [0.15, 0.2) is 0 Å². The van der Waals surface area contributed by atoms with Gasteiger partial charge in [0.05, 0.1) is 16.3 Å². The van der Waals surface area contributed by atoms with Gasteiger partial charge in [-0.1, -0.05) is 0 Å². The number of aryl methyl sites for hydroxylation is 3. The maximum absolute atomic E-state index is 14.1. The van der Waals surface area contributed by atoms with E-state index in [1.54, 1.807) is 0 Å². The van der Waals surface area contributed by atoms with Gasteiger partial charge in [-0.2, -0.15) is 0 Å². The van der Waals surface area contributed by atoms with Crippen LogP contribution in [0.25, 0.3) is 10.2 Å². The normalized spacial score (nSPS) is 10.9. The molecule has 2 amide bonds. The SMILES string of the molecule is CC(=O)Nc1cc(NC(=O)c2sc3nc(C)cc(C)c3c2C)c(F)cc1F. The maximum Gasteiger partial charge on any atom is 0.266 e. The van der Waals surface area contributed by atoms with Gasteiger partial charge < -0.3 is 10.6 Å². The highest BCUT2D eigenvalue weighted by atomic mass is 32.1. The van der Waals surface area contributed by atoms with E-state index in [0.29, 0.717) is 10.9 Å². The second-order valence-electron chi connectivity index (χ2n) is 6.26. The molecule has 8 heteroatoms. The fraction of sp³-hybridized carbons (Fsp3) is 0.211. The number of pyridine rings is 1. The molecule has 0 spiro atoms. The van der Waals surface area contributed by atoms with Crippen LogP contribution < -0.4 is 10.6 Å². The Morgan fingerprint density at radius 1 is 1.00 bits per heavy atom. The Bertz CT molecular complexity index is 1090. The molecule has 0 radical (unpaired) electrons. The van der Waals surface area contributed by atoms with Crippen molar-refractivity contribution in [3.05, 3.63) is 51.5 Å². The molecule has 0 bridgehead atoms. The summed E-state index contributed by atoms with van der Waals surface area (Å²) < 4.78 is 27.9.